The van der Waals surface area contributed by atoms with Crippen LogP contribution in [0.1, 0.15) is 16.1 Å². The lowest BCUT2D eigenvalue weighted by Gasteiger charge is -1.99. The number of nitrogens with one attached hydrogen (secondary N) is 1. The summed E-state index contributed by atoms with van der Waals surface area (Å²) in [6, 6.07) is 2.62. The van der Waals surface area contributed by atoms with Crippen LogP contribution in [0.5, 0.6) is 0 Å². The first-order valence-corrected chi connectivity index (χ1v) is 4.47. The second kappa shape index (κ2) is 3.65. The Morgan fingerprint density at radius 3 is 2.88 bits per heavy atom. The first-order chi connectivity index (χ1) is 7.58. The van der Waals surface area contributed by atoms with Gasteiger partial charge in [0, 0.05) is 6.07 Å². The van der Waals surface area contributed by atoms with Crippen molar-refractivity contribution >= 4 is 5.97 Å². The van der Waals surface area contributed by atoms with Crippen LogP contribution < -0.4 is 5.56 Å². The molecular weight excluding hydrogens is 212 g/mol. The van der Waals surface area contributed by atoms with E-state index >= 15 is 0 Å². The highest BCUT2D eigenvalue weighted by Gasteiger charge is 2.12. The zero-order chi connectivity index (χ0) is 11.7. The number of furan rings is 1. The average Bonchev–Trinajstić information content (AvgIpc) is 2.63. The van der Waals surface area contributed by atoms with Crippen molar-refractivity contribution in [3.05, 3.63) is 40.0 Å². The number of aromatic carboxylic acids is 1. The molecule has 0 fully saturated rings. The fraction of sp³-hybridized carbons (Fsp3) is 0.100. The van der Waals surface area contributed by atoms with Gasteiger partial charge < -0.3 is 14.5 Å². The van der Waals surface area contributed by atoms with E-state index < -0.39 is 11.5 Å². The summed E-state index contributed by atoms with van der Waals surface area (Å²) >= 11 is 0. The van der Waals surface area contributed by atoms with Gasteiger partial charge in [0.2, 0.25) is 0 Å². The zero-order valence-electron chi connectivity index (χ0n) is 8.35. The third-order valence-electron chi connectivity index (χ3n) is 2.04. The number of nitrogens with zero attached hydrogens (tertiary/aromatic N) is 1. The van der Waals surface area contributed by atoms with Gasteiger partial charge in [-0.3, -0.25) is 4.79 Å². The van der Waals surface area contributed by atoms with Crippen molar-refractivity contribution in [3.63, 3.8) is 0 Å². The molecule has 2 aromatic heterocycles. The van der Waals surface area contributed by atoms with Gasteiger partial charge >= 0.3 is 5.97 Å². The molecule has 2 aromatic rings. The SMILES string of the molecule is Cc1ccoc1-c1nc(C(=O)O)cc(=O)[nH]1. The van der Waals surface area contributed by atoms with Gasteiger partial charge in [-0.25, -0.2) is 9.78 Å². The summed E-state index contributed by atoms with van der Waals surface area (Å²) in [6.07, 6.45) is 1.44. The number of hydrogen-bond acceptors (Lipinski definition) is 4. The van der Waals surface area contributed by atoms with Crippen LogP contribution in [0.2, 0.25) is 0 Å². The van der Waals surface area contributed by atoms with Gasteiger partial charge in [-0.2, -0.15) is 0 Å². The van der Waals surface area contributed by atoms with Gasteiger partial charge in [0.05, 0.1) is 6.26 Å². The van der Waals surface area contributed by atoms with Crippen LogP contribution in [-0.4, -0.2) is 21.0 Å². The van der Waals surface area contributed by atoms with Crippen molar-refractivity contribution in [2.75, 3.05) is 0 Å². The quantitative estimate of drug-likeness (QED) is 0.788. The van der Waals surface area contributed by atoms with E-state index in [-0.39, 0.29) is 11.5 Å². The maximum Gasteiger partial charge on any atom is 0.354 e. The number of H-pyrrole nitrogens is 1. The lowest BCUT2D eigenvalue weighted by molar-refractivity contribution is 0.0690. The van der Waals surface area contributed by atoms with Crippen LogP contribution in [-0.2, 0) is 0 Å². The minimum Gasteiger partial charge on any atom is -0.477 e. The summed E-state index contributed by atoms with van der Waals surface area (Å²) in [7, 11) is 0. The number of aryl methyl sites for hydroxylation is 1. The lowest BCUT2D eigenvalue weighted by atomic mass is 10.2. The molecule has 0 aliphatic rings. The fourth-order valence-electron chi connectivity index (χ4n) is 1.29. The maximum atomic E-state index is 11.2. The number of aromatic amines is 1. The molecule has 2 heterocycles. The average molecular weight is 220 g/mol. The minimum absolute atomic E-state index is 0.118. The molecule has 0 aliphatic heterocycles. The summed E-state index contributed by atoms with van der Waals surface area (Å²) in [5, 5.41) is 8.75. The first kappa shape index (κ1) is 10.2. The highest BCUT2D eigenvalue weighted by Crippen LogP contribution is 2.19. The predicted octanol–water partition coefficient (Wildman–Crippen LogP) is 1.04. The van der Waals surface area contributed by atoms with E-state index in [4.69, 9.17) is 9.52 Å². The van der Waals surface area contributed by atoms with Crippen molar-refractivity contribution in [1.29, 1.82) is 0 Å². The Labute approximate surface area is 89.6 Å². The maximum absolute atomic E-state index is 11.2. The molecule has 0 amide bonds. The Bertz CT molecular complexity index is 597. The minimum atomic E-state index is -1.25. The van der Waals surface area contributed by atoms with Crippen molar-refractivity contribution in [2.24, 2.45) is 0 Å². The van der Waals surface area contributed by atoms with E-state index in [2.05, 4.69) is 9.97 Å². The molecule has 0 saturated heterocycles. The number of hydrogen-bond donors (Lipinski definition) is 2. The topological polar surface area (TPSA) is 96.2 Å². The van der Waals surface area contributed by atoms with Gasteiger partial charge in [0.25, 0.3) is 5.56 Å². The van der Waals surface area contributed by atoms with Crippen LogP contribution >= 0.6 is 0 Å². The molecule has 2 N–H and O–H groups in total. The number of carbonyl (C=O) groups is 1. The Morgan fingerprint density at radius 1 is 1.56 bits per heavy atom. The van der Waals surface area contributed by atoms with Crippen LogP contribution in [0, 0.1) is 6.92 Å². The van der Waals surface area contributed by atoms with Gasteiger partial charge in [-0.05, 0) is 18.6 Å². The van der Waals surface area contributed by atoms with Gasteiger partial charge in [-0.15, -0.1) is 0 Å². The third-order valence-corrected chi connectivity index (χ3v) is 2.04. The summed E-state index contributed by atoms with van der Waals surface area (Å²) in [5.41, 5.74) is -0.0709. The Kier molecular flexibility index (Phi) is 2.32. The van der Waals surface area contributed by atoms with Crippen molar-refractivity contribution in [2.45, 2.75) is 6.92 Å². The summed E-state index contributed by atoms with van der Waals surface area (Å²) in [5.74, 6) is -0.774. The standard InChI is InChI=1S/C10H8N2O4/c1-5-2-3-16-8(5)9-11-6(10(14)15)4-7(13)12-9/h2-4H,1H3,(H,14,15)(H,11,12,13). The van der Waals surface area contributed by atoms with Crippen LogP contribution in [0.4, 0.5) is 0 Å². The summed E-state index contributed by atoms with van der Waals surface area (Å²) in [6.45, 7) is 1.77. The molecule has 0 radical (unpaired) electrons. The second-order valence-electron chi connectivity index (χ2n) is 3.22. The van der Waals surface area contributed by atoms with Crippen LogP contribution in [0.25, 0.3) is 11.6 Å². The van der Waals surface area contributed by atoms with Crippen molar-refractivity contribution < 1.29 is 14.3 Å². The fourth-order valence-corrected chi connectivity index (χ4v) is 1.29. The van der Waals surface area contributed by atoms with Gasteiger partial charge in [-0.1, -0.05) is 0 Å². The molecule has 0 atom stereocenters. The number of rotatable bonds is 2. The smallest absolute Gasteiger partial charge is 0.354 e. The number of aromatic nitrogens is 2. The van der Waals surface area contributed by atoms with Crippen molar-refractivity contribution in [3.8, 4) is 11.6 Å². The summed E-state index contributed by atoms with van der Waals surface area (Å²) in [4.78, 5) is 28.1. The van der Waals surface area contributed by atoms with Crippen molar-refractivity contribution in [1.82, 2.24) is 9.97 Å². The molecule has 82 valence electrons. The van der Waals surface area contributed by atoms with Crippen LogP contribution in [0.15, 0.2) is 27.6 Å². The second-order valence-corrected chi connectivity index (χ2v) is 3.22. The summed E-state index contributed by atoms with van der Waals surface area (Å²) < 4.78 is 5.11. The molecule has 16 heavy (non-hydrogen) atoms. The molecule has 0 unspecified atom stereocenters. The first-order valence-electron chi connectivity index (χ1n) is 4.47. The molecule has 0 spiro atoms. The van der Waals surface area contributed by atoms with Gasteiger partial charge in [0.1, 0.15) is 0 Å². The largest absolute Gasteiger partial charge is 0.477 e. The molecule has 0 saturated carbocycles. The number of carboxylic acid groups (broad SMARTS) is 1. The molecule has 0 aliphatic carbocycles. The lowest BCUT2D eigenvalue weighted by Crippen LogP contribution is -2.13. The van der Waals surface area contributed by atoms with E-state index in [9.17, 15) is 9.59 Å². The molecule has 2 rings (SSSR count). The van der Waals surface area contributed by atoms with E-state index in [1.807, 2.05) is 0 Å². The van der Waals surface area contributed by atoms with Crippen LogP contribution in [0.3, 0.4) is 0 Å². The van der Waals surface area contributed by atoms with E-state index in [0.717, 1.165) is 11.6 Å². The normalized spacial score (nSPS) is 10.3. The zero-order valence-corrected chi connectivity index (χ0v) is 8.35. The molecule has 6 nitrogen and oxygen atoms in total. The van der Waals surface area contributed by atoms with Gasteiger partial charge in [0.15, 0.2) is 17.3 Å². The third kappa shape index (κ3) is 1.72. The number of carboxylic acids is 1. The van der Waals surface area contributed by atoms with E-state index in [1.165, 1.54) is 6.26 Å². The van der Waals surface area contributed by atoms with E-state index in [0.29, 0.717) is 5.76 Å². The molecule has 6 heteroatoms. The Morgan fingerprint density at radius 2 is 2.31 bits per heavy atom. The Balaban J connectivity index is 2.63. The molecule has 0 aromatic carbocycles. The molecule has 0 bridgehead atoms. The van der Waals surface area contributed by atoms with E-state index in [1.54, 1.807) is 13.0 Å². The highest BCUT2D eigenvalue weighted by atomic mass is 16.4. The molecular formula is C10H8N2O4. The monoisotopic (exact) mass is 220 g/mol. The highest BCUT2D eigenvalue weighted by molar-refractivity contribution is 5.85. The Hall–Kier alpha value is -2.37. The predicted molar refractivity (Wildman–Crippen MR) is 54.3 cm³/mol.